The van der Waals surface area contributed by atoms with E-state index in [2.05, 4.69) is 20.8 Å². The number of nitrogens with two attached hydrogens (primary N) is 1. The van der Waals surface area contributed by atoms with Crippen molar-refractivity contribution in [2.24, 2.45) is 17.6 Å². The summed E-state index contributed by atoms with van der Waals surface area (Å²) in [5.74, 6) is 1.63. The lowest BCUT2D eigenvalue weighted by molar-refractivity contribution is 0.362. The standard InChI is InChI=1S/C11H25N/c1-4-6-7-11(9-12)8-10(3)5-2/h10-11H,4-9,12H2,1-3H3. The fourth-order valence-electron chi connectivity index (χ4n) is 1.56. The van der Waals surface area contributed by atoms with Gasteiger partial charge in [-0.3, -0.25) is 0 Å². The molecule has 0 aliphatic heterocycles. The van der Waals surface area contributed by atoms with Crippen LogP contribution in [0.5, 0.6) is 0 Å². The molecular formula is C11H25N. The van der Waals surface area contributed by atoms with Gasteiger partial charge in [-0.05, 0) is 31.2 Å². The normalized spacial score (nSPS) is 16.0. The molecule has 2 unspecified atom stereocenters. The van der Waals surface area contributed by atoms with Gasteiger partial charge < -0.3 is 5.73 Å². The Kier molecular flexibility index (Phi) is 7.58. The van der Waals surface area contributed by atoms with Crippen molar-refractivity contribution < 1.29 is 0 Å². The average molecular weight is 171 g/mol. The zero-order valence-corrected chi connectivity index (χ0v) is 8.97. The molecule has 0 rings (SSSR count). The SMILES string of the molecule is CCCCC(CN)CC(C)CC. The molecule has 2 atom stereocenters. The fraction of sp³-hybridized carbons (Fsp3) is 1.00. The summed E-state index contributed by atoms with van der Waals surface area (Å²) in [4.78, 5) is 0. The van der Waals surface area contributed by atoms with Crippen molar-refractivity contribution >= 4 is 0 Å². The number of rotatable bonds is 7. The quantitative estimate of drug-likeness (QED) is 0.625. The van der Waals surface area contributed by atoms with Crippen LogP contribution in [-0.2, 0) is 0 Å². The topological polar surface area (TPSA) is 26.0 Å². The molecule has 1 heteroatoms. The highest BCUT2D eigenvalue weighted by Gasteiger charge is 2.09. The number of unbranched alkanes of at least 4 members (excludes halogenated alkanes) is 1. The summed E-state index contributed by atoms with van der Waals surface area (Å²) in [6, 6.07) is 0. The molecule has 0 amide bonds. The van der Waals surface area contributed by atoms with Crippen molar-refractivity contribution in [3.63, 3.8) is 0 Å². The first-order valence-electron chi connectivity index (χ1n) is 5.44. The smallest absolute Gasteiger partial charge is 0.00488 e. The second-order valence-electron chi connectivity index (χ2n) is 3.99. The van der Waals surface area contributed by atoms with Crippen molar-refractivity contribution in [3.8, 4) is 0 Å². The molecule has 0 spiro atoms. The largest absolute Gasteiger partial charge is 0.330 e. The van der Waals surface area contributed by atoms with Crippen LogP contribution in [0.1, 0.15) is 52.9 Å². The molecule has 0 aromatic carbocycles. The summed E-state index contributed by atoms with van der Waals surface area (Å²) < 4.78 is 0. The van der Waals surface area contributed by atoms with Gasteiger partial charge in [-0.1, -0.05) is 40.0 Å². The summed E-state index contributed by atoms with van der Waals surface area (Å²) >= 11 is 0. The van der Waals surface area contributed by atoms with E-state index in [1.165, 1.54) is 32.1 Å². The first kappa shape index (κ1) is 12.0. The minimum Gasteiger partial charge on any atom is -0.330 e. The lowest BCUT2D eigenvalue weighted by atomic mass is 9.90. The maximum absolute atomic E-state index is 5.72. The van der Waals surface area contributed by atoms with Crippen LogP contribution in [0.4, 0.5) is 0 Å². The van der Waals surface area contributed by atoms with Gasteiger partial charge >= 0.3 is 0 Å². The van der Waals surface area contributed by atoms with Crippen molar-refractivity contribution in [3.05, 3.63) is 0 Å². The zero-order chi connectivity index (χ0) is 9.40. The molecule has 74 valence electrons. The molecule has 0 bridgehead atoms. The summed E-state index contributed by atoms with van der Waals surface area (Å²) in [7, 11) is 0. The molecule has 0 aliphatic carbocycles. The number of hydrogen-bond donors (Lipinski definition) is 1. The molecular weight excluding hydrogens is 146 g/mol. The van der Waals surface area contributed by atoms with Crippen molar-refractivity contribution in [2.45, 2.75) is 52.9 Å². The fourth-order valence-corrected chi connectivity index (χ4v) is 1.56. The molecule has 0 aromatic rings. The van der Waals surface area contributed by atoms with Gasteiger partial charge in [-0.25, -0.2) is 0 Å². The van der Waals surface area contributed by atoms with E-state index in [9.17, 15) is 0 Å². The third kappa shape index (κ3) is 5.59. The summed E-state index contributed by atoms with van der Waals surface area (Å²) in [6.07, 6.45) is 6.60. The molecule has 0 radical (unpaired) electrons. The third-order valence-electron chi connectivity index (χ3n) is 2.73. The highest BCUT2D eigenvalue weighted by atomic mass is 14.5. The molecule has 12 heavy (non-hydrogen) atoms. The van der Waals surface area contributed by atoms with Crippen LogP contribution in [0.25, 0.3) is 0 Å². The zero-order valence-electron chi connectivity index (χ0n) is 8.97. The Labute approximate surface area is 77.7 Å². The second kappa shape index (κ2) is 7.60. The van der Waals surface area contributed by atoms with Crippen molar-refractivity contribution in [1.29, 1.82) is 0 Å². The van der Waals surface area contributed by atoms with Crippen LogP contribution in [-0.4, -0.2) is 6.54 Å². The van der Waals surface area contributed by atoms with Crippen LogP contribution in [0.15, 0.2) is 0 Å². The van der Waals surface area contributed by atoms with Gasteiger partial charge in [0.05, 0.1) is 0 Å². The molecule has 2 N–H and O–H groups in total. The molecule has 0 heterocycles. The molecule has 0 fully saturated rings. The van der Waals surface area contributed by atoms with Crippen LogP contribution in [0.3, 0.4) is 0 Å². The maximum atomic E-state index is 5.72. The first-order chi connectivity index (χ1) is 5.74. The third-order valence-corrected chi connectivity index (χ3v) is 2.73. The first-order valence-corrected chi connectivity index (χ1v) is 5.44. The monoisotopic (exact) mass is 171 g/mol. The van der Waals surface area contributed by atoms with Gasteiger partial charge in [0.25, 0.3) is 0 Å². The Morgan fingerprint density at radius 2 is 1.92 bits per heavy atom. The predicted molar refractivity (Wildman–Crippen MR) is 56.1 cm³/mol. The Morgan fingerprint density at radius 1 is 1.25 bits per heavy atom. The van der Waals surface area contributed by atoms with Gasteiger partial charge in [0.1, 0.15) is 0 Å². The van der Waals surface area contributed by atoms with E-state index >= 15 is 0 Å². The summed E-state index contributed by atoms with van der Waals surface area (Å²) in [5.41, 5.74) is 5.72. The maximum Gasteiger partial charge on any atom is -0.00488 e. The van der Waals surface area contributed by atoms with Gasteiger partial charge in [-0.15, -0.1) is 0 Å². The molecule has 0 aliphatic rings. The van der Waals surface area contributed by atoms with E-state index in [0.717, 1.165) is 18.4 Å². The van der Waals surface area contributed by atoms with Crippen molar-refractivity contribution in [1.82, 2.24) is 0 Å². The van der Waals surface area contributed by atoms with Crippen LogP contribution < -0.4 is 5.73 Å². The van der Waals surface area contributed by atoms with E-state index in [1.54, 1.807) is 0 Å². The Hall–Kier alpha value is -0.0400. The van der Waals surface area contributed by atoms with Crippen LogP contribution in [0.2, 0.25) is 0 Å². The Bertz CT molecular complexity index is 91.0. The van der Waals surface area contributed by atoms with E-state index in [4.69, 9.17) is 5.73 Å². The van der Waals surface area contributed by atoms with Gasteiger partial charge in [0.15, 0.2) is 0 Å². The lowest BCUT2D eigenvalue weighted by Gasteiger charge is -2.17. The van der Waals surface area contributed by atoms with E-state index in [0.29, 0.717) is 0 Å². The Morgan fingerprint density at radius 3 is 2.33 bits per heavy atom. The van der Waals surface area contributed by atoms with E-state index in [-0.39, 0.29) is 0 Å². The van der Waals surface area contributed by atoms with Crippen molar-refractivity contribution in [2.75, 3.05) is 6.54 Å². The minimum atomic E-state index is 0.778. The summed E-state index contributed by atoms with van der Waals surface area (Å²) in [6.45, 7) is 7.72. The average Bonchev–Trinajstić information content (AvgIpc) is 2.11. The van der Waals surface area contributed by atoms with E-state index < -0.39 is 0 Å². The molecule has 0 saturated heterocycles. The van der Waals surface area contributed by atoms with Gasteiger partial charge in [-0.2, -0.15) is 0 Å². The van der Waals surface area contributed by atoms with E-state index in [1.807, 2.05) is 0 Å². The van der Waals surface area contributed by atoms with Gasteiger partial charge in [0, 0.05) is 0 Å². The highest BCUT2D eigenvalue weighted by molar-refractivity contribution is 4.63. The second-order valence-corrected chi connectivity index (χ2v) is 3.99. The molecule has 0 saturated carbocycles. The molecule has 0 aromatic heterocycles. The van der Waals surface area contributed by atoms with Crippen LogP contribution in [0, 0.1) is 11.8 Å². The Balaban J connectivity index is 3.51. The summed E-state index contributed by atoms with van der Waals surface area (Å²) in [5, 5.41) is 0. The van der Waals surface area contributed by atoms with Crippen LogP contribution >= 0.6 is 0 Å². The minimum absolute atomic E-state index is 0.778. The highest BCUT2D eigenvalue weighted by Crippen LogP contribution is 2.18. The number of hydrogen-bond acceptors (Lipinski definition) is 1. The molecule has 1 nitrogen and oxygen atoms in total. The lowest BCUT2D eigenvalue weighted by Crippen LogP contribution is -2.17. The van der Waals surface area contributed by atoms with Gasteiger partial charge in [0.2, 0.25) is 0 Å². The predicted octanol–water partition coefficient (Wildman–Crippen LogP) is 3.19.